The van der Waals surface area contributed by atoms with Crippen molar-refractivity contribution in [2.75, 3.05) is 39.3 Å². The summed E-state index contributed by atoms with van der Waals surface area (Å²) < 4.78 is 0. The second kappa shape index (κ2) is 11.3. The smallest absolute Gasteiger partial charge is 0.219 e. The van der Waals surface area contributed by atoms with Crippen LogP contribution in [0.3, 0.4) is 0 Å². The van der Waals surface area contributed by atoms with Gasteiger partial charge < -0.3 is 15.1 Å². The topological polar surface area (TPSA) is 47.9 Å². The maximum absolute atomic E-state index is 11.4. The molecular formula is C18H36N4O. The van der Waals surface area contributed by atoms with E-state index in [1.54, 1.807) is 6.92 Å². The van der Waals surface area contributed by atoms with Crippen LogP contribution in [0.25, 0.3) is 0 Å². The maximum atomic E-state index is 11.4. The molecule has 0 saturated carbocycles. The van der Waals surface area contributed by atoms with E-state index in [2.05, 4.69) is 31.0 Å². The zero-order chi connectivity index (χ0) is 17.1. The van der Waals surface area contributed by atoms with E-state index in [0.717, 1.165) is 51.1 Å². The first-order valence-corrected chi connectivity index (χ1v) is 9.33. The van der Waals surface area contributed by atoms with Crippen LogP contribution in [0.15, 0.2) is 4.99 Å². The van der Waals surface area contributed by atoms with Crippen LogP contribution in [0.1, 0.15) is 59.8 Å². The number of hydrogen-bond acceptors (Lipinski definition) is 2. The van der Waals surface area contributed by atoms with E-state index in [0.29, 0.717) is 0 Å². The van der Waals surface area contributed by atoms with Gasteiger partial charge in [-0.25, -0.2) is 0 Å². The third kappa shape index (κ3) is 8.24. The fraction of sp³-hybridized carbons (Fsp3) is 0.889. The number of unbranched alkanes of at least 4 members (excludes halogenated alkanes) is 3. The summed E-state index contributed by atoms with van der Waals surface area (Å²) in [4.78, 5) is 20.4. The molecule has 0 aliphatic carbocycles. The van der Waals surface area contributed by atoms with Crippen LogP contribution in [0.4, 0.5) is 0 Å². The van der Waals surface area contributed by atoms with Crippen molar-refractivity contribution < 1.29 is 4.79 Å². The third-order valence-corrected chi connectivity index (χ3v) is 4.31. The van der Waals surface area contributed by atoms with Crippen LogP contribution in [-0.4, -0.2) is 60.9 Å². The van der Waals surface area contributed by atoms with Gasteiger partial charge in [-0.3, -0.25) is 9.79 Å². The van der Waals surface area contributed by atoms with E-state index in [9.17, 15) is 4.79 Å². The molecule has 1 aliphatic heterocycles. The van der Waals surface area contributed by atoms with Crippen molar-refractivity contribution in [2.45, 2.75) is 59.8 Å². The molecule has 1 amide bonds. The van der Waals surface area contributed by atoms with E-state index >= 15 is 0 Å². The van der Waals surface area contributed by atoms with Crippen LogP contribution in [-0.2, 0) is 4.79 Å². The number of hydrogen-bond donors (Lipinski definition) is 1. The van der Waals surface area contributed by atoms with E-state index in [-0.39, 0.29) is 5.91 Å². The molecule has 5 heteroatoms. The number of guanidine groups is 1. The predicted octanol–water partition coefficient (Wildman–Crippen LogP) is 2.72. The lowest BCUT2D eigenvalue weighted by molar-refractivity contribution is -0.130. The molecule has 0 spiro atoms. The summed E-state index contributed by atoms with van der Waals surface area (Å²) >= 11 is 0. The van der Waals surface area contributed by atoms with E-state index in [1.165, 1.54) is 32.1 Å². The van der Waals surface area contributed by atoms with Gasteiger partial charge in [-0.1, -0.05) is 39.5 Å². The minimum atomic E-state index is 0.174. The lowest BCUT2D eigenvalue weighted by Gasteiger charge is -2.36. The molecule has 1 fully saturated rings. The first-order valence-electron chi connectivity index (χ1n) is 9.33. The first-order chi connectivity index (χ1) is 11.0. The number of carbonyl (C=O) groups excluding carboxylic acids is 1. The Balaban J connectivity index is 2.29. The fourth-order valence-corrected chi connectivity index (χ4v) is 2.86. The molecule has 134 valence electrons. The normalized spacial score (nSPS) is 16.1. The summed E-state index contributed by atoms with van der Waals surface area (Å²) in [5.41, 5.74) is 0. The van der Waals surface area contributed by atoms with E-state index < -0.39 is 0 Å². The van der Waals surface area contributed by atoms with Gasteiger partial charge in [-0.2, -0.15) is 0 Å². The zero-order valence-electron chi connectivity index (χ0n) is 15.6. The van der Waals surface area contributed by atoms with Crippen LogP contribution in [0, 0.1) is 5.92 Å². The molecule has 1 aliphatic rings. The Morgan fingerprint density at radius 3 is 2.22 bits per heavy atom. The van der Waals surface area contributed by atoms with Crippen molar-refractivity contribution >= 4 is 11.9 Å². The molecule has 1 heterocycles. The van der Waals surface area contributed by atoms with E-state index in [4.69, 9.17) is 4.99 Å². The van der Waals surface area contributed by atoms with Crippen LogP contribution >= 0.6 is 0 Å². The van der Waals surface area contributed by atoms with Crippen molar-refractivity contribution in [3.63, 3.8) is 0 Å². The molecule has 0 aromatic rings. The highest BCUT2D eigenvalue weighted by molar-refractivity contribution is 5.80. The Kier molecular flexibility index (Phi) is 9.72. The molecule has 1 rings (SSSR count). The van der Waals surface area contributed by atoms with Crippen molar-refractivity contribution in [2.24, 2.45) is 10.9 Å². The maximum Gasteiger partial charge on any atom is 0.219 e. The van der Waals surface area contributed by atoms with E-state index in [1.807, 2.05) is 4.90 Å². The molecule has 0 atom stereocenters. The molecule has 1 N–H and O–H groups in total. The molecule has 0 unspecified atom stereocenters. The molecule has 0 radical (unpaired) electrons. The highest BCUT2D eigenvalue weighted by Crippen LogP contribution is 2.09. The number of rotatable bonds is 8. The monoisotopic (exact) mass is 324 g/mol. The van der Waals surface area contributed by atoms with Crippen molar-refractivity contribution in [1.82, 2.24) is 15.1 Å². The predicted molar refractivity (Wildman–Crippen MR) is 97.7 cm³/mol. The molecular weight excluding hydrogens is 288 g/mol. The van der Waals surface area contributed by atoms with Crippen molar-refractivity contribution in [3.8, 4) is 0 Å². The van der Waals surface area contributed by atoms with Crippen LogP contribution < -0.4 is 5.32 Å². The summed E-state index contributed by atoms with van der Waals surface area (Å²) in [5, 5.41) is 3.39. The fourth-order valence-electron chi connectivity index (χ4n) is 2.86. The summed E-state index contributed by atoms with van der Waals surface area (Å²) in [7, 11) is 0. The molecule has 0 bridgehead atoms. The quantitative estimate of drug-likeness (QED) is 0.424. The minimum absolute atomic E-state index is 0.174. The third-order valence-electron chi connectivity index (χ3n) is 4.31. The van der Waals surface area contributed by atoms with Gasteiger partial charge in [0.1, 0.15) is 0 Å². The molecule has 0 aromatic heterocycles. The summed E-state index contributed by atoms with van der Waals surface area (Å²) in [5.74, 6) is 2.01. The highest BCUT2D eigenvalue weighted by Gasteiger charge is 2.20. The van der Waals surface area contributed by atoms with Crippen LogP contribution in [0.2, 0.25) is 0 Å². The summed E-state index contributed by atoms with van der Waals surface area (Å²) in [6.45, 7) is 13.5. The average molecular weight is 325 g/mol. The van der Waals surface area contributed by atoms with Gasteiger partial charge in [0.05, 0.1) is 0 Å². The van der Waals surface area contributed by atoms with Crippen molar-refractivity contribution in [3.05, 3.63) is 0 Å². The summed E-state index contributed by atoms with van der Waals surface area (Å²) in [6.07, 6.45) is 6.44. The molecule has 23 heavy (non-hydrogen) atoms. The summed E-state index contributed by atoms with van der Waals surface area (Å²) in [6, 6.07) is 0. The number of nitrogens with one attached hydrogen (secondary N) is 1. The standard InChI is InChI=1S/C18H36N4O/c1-5-19-18(20-11-9-7-6-8-10-16(2)3)22-14-12-21(13-15-22)17(4)23/h16H,5-15H2,1-4H3,(H,19,20). The van der Waals surface area contributed by atoms with Gasteiger partial charge in [-0.15, -0.1) is 0 Å². The van der Waals surface area contributed by atoms with Gasteiger partial charge in [0, 0.05) is 46.2 Å². The Morgan fingerprint density at radius 2 is 1.65 bits per heavy atom. The molecule has 0 aromatic carbocycles. The second-order valence-electron chi connectivity index (χ2n) is 6.83. The van der Waals surface area contributed by atoms with Crippen molar-refractivity contribution in [1.29, 1.82) is 0 Å². The minimum Gasteiger partial charge on any atom is -0.357 e. The number of nitrogens with zero attached hydrogens (tertiary/aromatic N) is 3. The van der Waals surface area contributed by atoms with Gasteiger partial charge in [0.2, 0.25) is 5.91 Å². The average Bonchev–Trinajstić information content (AvgIpc) is 2.52. The zero-order valence-corrected chi connectivity index (χ0v) is 15.6. The Labute approximate surface area is 142 Å². The number of aliphatic imine (C=N–C) groups is 1. The van der Waals surface area contributed by atoms with Gasteiger partial charge in [-0.05, 0) is 19.3 Å². The number of carbonyl (C=O) groups is 1. The highest BCUT2D eigenvalue weighted by atomic mass is 16.2. The van der Waals surface area contributed by atoms with Gasteiger partial charge in [0.25, 0.3) is 0 Å². The first kappa shape index (κ1) is 19.8. The Morgan fingerprint density at radius 1 is 1.04 bits per heavy atom. The van der Waals surface area contributed by atoms with Gasteiger partial charge >= 0.3 is 0 Å². The number of amides is 1. The lowest BCUT2D eigenvalue weighted by atomic mass is 10.0. The lowest BCUT2D eigenvalue weighted by Crippen LogP contribution is -2.53. The Bertz CT molecular complexity index is 360. The van der Waals surface area contributed by atoms with Gasteiger partial charge in [0.15, 0.2) is 5.96 Å². The number of piperazine rings is 1. The van der Waals surface area contributed by atoms with Crippen LogP contribution in [0.5, 0.6) is 0 Å². The molecule has 5 nitrogen and oxygen atoms in total. The SMILES string of the molecule is CCNC(=NCCCCCCC(C)C)N1CCN(C(C)=O)CC1. The molecule has 1 saturated heterocycles. The second-order valence-corrected chi connectivity index (χ2v) is 6.83. The Hall–Kier alpha value is -1.26. The largest absolute Gasteiger partial charge is 0.357 e.